The lowest BCUT2D eigenvalue weighted by Gasteiger charge is -2.26. The van der Waals surface area contributed by atoms with E-state index in [1.165, 1.54) is 4.90 Å². The number of rotatable bonds is 3. The number of hydrogen-bond acceptors (Lipinski definition) is 2. The Balaban J connectivity index is 1.89. The first-order valence-corrected chi connectivity index (χ1v) is 8.55. The summed E-state index contributed by atoms with van der Waals surface area (Å²) in [6.45, 7) is 1.11. The lowest BCUT2D eigenvalue weighted by molar-refractivity contribution is -0.869. The summed E-state index contributed by atoms with van der Waals surface area (Å²) >= 11 is 6.14. The molecular weight excluding hydrogens is 338 g/mol. The predicted octanol–water partition coefficient (Wildman–Crippen LogP) is 3.28. The molecule has 25 heavy (non-hydrogen) atoms. The standard InChI is InChI=1S/C19H18ClN3O2/c1-23(2,3)9-8-22-18(24)12-5-7-15-16(17(12)19(22)25)13-10-11(20)4-6-14(13)21-15/h4-7,10H,8-9H2,1-3H3/p+1. The van der Waals surface area contributed by atoms with Gasteiger partial charge in [-0.25, -0.2) is 0 Å². The first kappa shape index (κ1) is 16.1. The molecule has 1 aromatic heterocycles. The van der Waals surface area contributed by atoms with Crippen molar-refractivity contribution in [3.05, 3.63) is 46.5 Å². The van der Waals surface area contributed by atoms with Crippen molar-refractivity contribution >= 4 is 45.2 Å². The second-order valence-corrected chi connectivity index (χ2v) is 7.94. The summed E-state index contributed by atoms with van der Waals surface area (Å²) in [6.07, 6.45) is 0. The van der Waals surface area contributed by atoms with Crippen LogP contribution in [0.3, 0.4) is 0 Å². The highest BCUT2D eigenvalue weighted by Crippen LogP contribution is 2.36. The van der Waals surface area contributed by atoms with Gasteiger partial charge in [-0.15, -0.1) is 0 Å². The molecule has 1 aliphatic rings. The highest BCUT2D eigenvalue weighted by Gasteiger charge is 2.38. The molecule has 1 aliphatic heterocycles. The van der Waals surface area contributed by atoms with Crippen LogP contribution >= 0.6 is 11.6 Å². The molecule has 2 aromatic carbocycles. The third-order valence-corrected chi connectivity index (χ3v) is 4.89. The summed E-state index contributed by atoms with van der Waals surface area (Å²) in [5, 5.41) is 2.25. The van der Waals surface area contributed by atoms with Gasteiger partial charge in [0, 0.05) is 26.8 Å². The van der Waals surface area contributed by atoms with E-state index in [1.807, 2.05) is 39.3 Å². The van der Waals surface area contributed by atoms with Crippen LogP contribution in [0.4, 0.5) is 0 Å². The average Bonchev–Trinajstić information content (AvgIpc) is 3.00. The van der Waals surface area contributed by atoms with Crippen molar-refractivity contribution in [3.8, 4) is 0 Å². The van der Waals surface area contributed by atoms with E-state index in [9.17, 15) is 9.59 Å². The maximum atomic E-state index is 13.0. The third kappa shape index (κ3) is 2.51. The molecule has 128 valence electrons. The largest absolute Gasteiger partial charge is 0.354 e. The van der Waals surface area contributed by atoms with Crippen LogP contribution in [0.25, 0.3) is 21.8 Å². The number of carbonyl (C=O) groups is 2. The van der Waals surface area contributed by atoms with E-state index in [-0.39, 0.29) is 11.8 Å². The highest BCUT2D eigenvalue weighted by molar-refractivity contribution is 6.33. The molecule has 5 nitrogen and oxygen atoms in total. The SMILES string of the molecule is C[N+](C)(C)CCN1C(=O)c2ccc3[nH]c4ccc(Cl)cc4c3c2C1=O. The Kier molecular flexibility index (Phi) is 3.42. The number of fused-ring (bicyclic) bond motifs is 5. The van der Waals surface area contributed by atoms with Crippen molar-refractivity contribution in [1.82, 2.24) is 9.88 Å². The molecule has 0 bridgehead atoms. The van der Waals surface area contributed by atoms with Crippen LogP contribution < -0.4 is 0 Å². The topological polar surface area (TPSA) is 53.2 Å². The molecule has 0 saturated heterocycles. The number of aromatic amines is 1. The van der Waals surface area contributed by atoms with E-state index in [4.69, 9.17) is 11.6 Å². The van der Waals surface area contributed by atoms with Gasteiger partial charge in [0.25, 0.3) is 11.8 Å². The van der Waals surface area contributed by atoms with Gasteiger partial charge in [0.05, 0.1) is 45.4 Å². The molecule has 0 aliphatic carbocycles. The number of imide groups is 1. The molecule has 1 N–H and O–H groups in total. The summed E-state index contributed by atoms with van der Waals surface area (Å²) in [6, 6.07) is 9.13. The van der Waals surface area contributed by atoms with Crippen molar-refractivity contribution in [2.75, 3.05) is 34.2 Å². The zero-order chi connectivity index (χ0) is 17.9. The first-order chi connectivity index (χ1) is 11.8. The fourth-order valence-electron chi connectivity index (χ4n) is 3.34. The van der Waals surface area contributed by atoms with Gasteiger partial charge in [0.2, 0.25) is 0 Å². The Bertz CT molecular complexity index is 1050. The Hall–Kier alpha value is -2.37. The van der Waals surface area contributed by atoms with Crippen LogP contribution in [0, 0.1) is 0 Å². The number of amides is 2. The monoisotopic (exact) mass is 356 g/mol. The number of likely N-dealkylation sites (N-methyl/N-ethyl adjacent to an activating group) is 1. The smallest absolute Gasteiger partial charge is 0.262 e. The normalized spacial score (nSPS) is 14.8. The van der Waals surface area contributed by atoms with Gasteiger partial charge >= 0.3 is 0 Å². The molecule has 0 atom stereocenters. The van der Waals surface area contributed by atoms with Gasteiger partial charge in [-0.05, 0) is 30.3 Å². The number of nitrogens with zero attached hydrogens (tertiary/aromatic N) is 2. The number of H-pyrrole nitrogens is 1. The molecular formula is C19H19ClN3O2+. The summed E-state index contributed by atoms with van der Waals surface area (Å²) in [5.74, 6) is -0.438. The molecule has 6 heteroatoms. The minimum Gasteiger partial charge on any atom is -0.354 e. The Morgan fingerprint density at radius 2 is 1.76 bits per heavy atom. The van der Waals surface area contributed by atoms with Gasteiger partial charge < -0.3 is 9.47 Å². The molecule has 2 heterocycles. The average molecular weight is 357 g/mol. The number of nitrogens with one attached hydrogen (secondary N) is 1. The van der Waals surface area contributed by atoms with Crippen molar-refractivity contribution in [2.45, 2.75) is 0 Å². The molecule has 0 spiro atoms. The molecule has 0 saturated carbocycles. The van der Waals surface area contributed by atoms with Crippen LogP contribution in [0.15, 0.2) is 30.3 Å². The molecule has 0 radical (unpaired) electrons. The van der Waals surface area contributed by atoms with Gasteiger partial charge in [-0.1, -0.05) is 11.6 Å². The quantitative estimate of drug-likeness (QED) is 0.578. The maximum absolute atomic E-state index is 13.0. The van der Waals surface area contributed by atoms with E-state index in [1.54, 1.807) is 12.1 Å². The van der Waals surface area contributed by atoms with Crippen LogP contribution in [0.5, 0.6) is 0 Å². The Morgan fingerprint density at radius 3 is 2.48 bits per heavy atom. The Labute approximate surface area is 150 Å². The van der Waals surface area contributed by atoms with Gasteiger partial charge in [-0.2, -0.15) is 0 Å². The lowest BCUT2D eigenvalue weighted by atomic mass is 10.0. The molecule has 3 aromatic rings. The Morgan fingerprint density at radius 1 is 1.04 bits per heavy atom. The van der Waals surface area contributed by atoms with Crippen molar-refractivity contribution in [3.63, 3.8) is 0 Å². The van der Waals surface area contributed by atoms with Gasteiger partial charge in [0.15, 0.2) is 0 Å². The minimum absolute atomic E-state index is 0.216. The van der Waals surface area contributed by atoms with E-state index in [0.717, 1.165) is 21.8 Å². The second kappa shape index (κ2) is 5.31. The maximum Gasteiger partial charge on any atom is 0.262 e. The summed E-state index contributed by atoms with van der Waals surface area (Å²) in [5.41, 5.74) is 2.70. The van der Waals surface area contributed by atoms with Gasteiger partial charge in [-0.3, -0.25) is 14.5 Å². The number of aromatic nitrogens is 1. The van der Waals surface area contributed by atoms with E-state index in [0.29, 0.717) is 33.7 Å². The fourth-order valence-corrected chi connectivity index (χ4v) is 3.51. The molecule has 0 fully saturated rings. The molecule has 0 unspecified atom stereocenters. The van der Waals surface area contributed by atoms with Crippen molar-refractivity contribution in [1.29, 1.82) is 0 Å². The number of hydrogen-bond donors (Lipinski definition) is 1. The molecule has 2 amide bonds. The van der Waals surface area contributed by atoms with Crippen LogP contribution in [0.2, 0.25) is 5.02 Å². The summed E-state index contributed by atoms with van der Waals surface area (Å²) in [4.78, 5) is 30.4. The number of quaternary nitrogens is 1. The van der Waals surface area contributed by atoms with E-state index < -0.39 is 0 Å². The predicted molar refractivity (Wildman–Crippen MR) is 99.1 cm³/mol. The van der Waals surface area contributed by atoms with E-state index in [2.05, 4.69) is 4.98 Å². The minimum atomic E-state index is -0.222. The third-order valence-electron chi connectivity index (χ3n) is 4.65. The highest BCUT2D eigenvalue weighted by atomic mass is 35.5. The second-order valence-electron chi connectivity index (χ2n) is 7.50. The van der Waals surface area contributed by atoms with E-state index >= 15 is 0 Å². The molecule has 4 rings (SSSR count). The fraction of sp³-hybridized carbons (Fsp3) is 0.263. The zero-order valence-corrected chi connectivity index (χ0v) is 15.1. The van der Waals surface area contributed by atoms with Crippen molar-refractivity contribution < 1.29 is 14.1 Å². The van der Waals surface area contributed by atoms with Crippen molar-refractivity contribution in [2.24, 2.45) is 0 Å². The summed E-state index contributed by atoms with van der Waals surface area (Å²) < 4.78 is 0.686. The number of carbonyl (C=O) groups excluding carboxylic acids is 2. The van der Waals surface area contributed by atoms with Gasteiger partial charge in [0.1, 0.15) is 0 Å². The zero-order valence-electron chi connectivity index (χ0n) is 14.4. The van der Waals surface area contributed by atoms with Crippen LogP contribution in [0.1, 0.15) is 20.7 Å². The first-order valence-electron chi connectivity index (χ1n) is 8.17. The number of halogens is 1. The summed E-state index contributed by atoms with van der Waals surface area (Å²) in [7, 11) is 6.12. The lowest BCUT2D eigenvalue weighted by Crippen LogP contribution is -2.43. The number of benzene rings is 2. The van der Waals surface area contributed by atoms with Crippen LogP contribution in [-0.4, -0.2) is 60.4 Å². The van der Waals surface area contributed by atoms with Crippen LogP contribution in [-0.2, 0) is 0 Å².